The van der Waals surface area contributed by atoms with Gasteiger partial charge in [-0.15, -0.1) is 0 Å². The molecule has 6 nitrogen and oxygen atoms in total. The van der Waals surface area contributed by atoms with Crippen molar-refractivity contribution in [1.29, 1.82) is 0 Å². The Morgan fingerprint density at radius 3 is 2.58 bits per heavy atom. The Morgan fingerprint density at radius 1 is 1.03 bits per heavy atom. The van der Waals surface area contributed by atoms with Gasteiger partial charge < -0.3 is 14.5 Å². The molecule has 4 aromatic rings. The van der Waals surface area contributed by atoms with Crippen molar-refractivity contribution in [3.63, 3.8) is 0 Å². The SMILES string of the molecule is COc1cc(NC(=S)NC(=O)c2ccc(C)cc2Cl)ccc1-c1cc2ccccc2oc1=O. The van der Waals surface area contributed by atoms with Crippen LogP contribution < -0.4 is 21.0 Å². The Morgan fingerprint density at radius 2 is 1.82 bits per heavy atom. The number of benzene rings is 3. The van der Waals surface area contributed by atoms with Crippen LogP contribution in [0.5, 0.6) is 5.75 Å². The normalized spacial score (nSPS) is 10.6. The van der Waals surface area contributed by atoms with Crippen LogP contribution in [0.15, 0.2) is 75.9 Å². The maximum atomic E-state index is 12.6. The van der Waals surface area contributed by atoms with E-state index >= 15 is 0 Å². The Balaban J connectivity index is 1.56. The topological polar surface area (TPSA) is 80.6 Å². The summed E-state index contributed by atoms with van der Waals surface area (Å²) in [7, 11) is 1.50. The van der Waals surface area contributed by atoms with E-state index in [0.29, 0.717) is 38.7 Å². The number of carbonyl (C=O) groups excluding carboxylic acids is 1. The first-order chi connectivity index (χ1) is 15.9. The second kappa shape index (κ2) is 9.44. The fourth-order valence-electron chi connectivity index (χ4n) is 3.38. The second-order valence-corrected chi connectivity index (χ2v) is 8.11. The lowest BCUT2D eigenvalue weighted by molar-refractivity contribution is 0.0978. The Bertz CT molecular complexity index is 1450. The summed E-state index contributed by atoms with van der Waals surface area (Å²) in [5, 5.41) is 6.79. The van der Waals surface area contributed by atoms with Crippen molar-refractivity contribution in [3.8, 4) is 16.9 Å². The summed E-state index contributed by atoms with van der Waals surface area (Å²) in [5.74, 6) is 0.0214. The molecular formula is C25H19ClN2O4S. The van der Waals surface area contributed by atoms with Crippen LogP contribution in [0.3, 0.4) is 0 Å². The molecule has 0 aliphatic rings. The van der Waals surface area contributed by atoms with E-state index in [4.69, 9.17) is 33.0 Å². The summed E-state index contributed by atoms with van der Waals surface area (Å²) in [5.41, 5.74) is 2.84. The van der Waals surface area contributed by atoms with Crippen molar-refractivity contribution in [1.82, 2.24) is 5.32 Å². The molecule has 0 spiro atoms. The molecule has 0 bridgehead atoms. The Hall–Kier alpha value is -3.68. The number of ether oxygens (including phenoxy) is 1. The van der Waals surface area contributed by atoms with Gasteiger partial charge in [-0.2, -0.15) is 0 Å². The first-order valence-electron chi connectivity index (χ1n) is 9.95. The number of hydrogen-bond acceptors (Lipinski definition) is 5. The molecule has 2 N–H and O–H groups in total. The summed E-state index contributed by atoms with van der Waals surface area (Å²) in [4.78, 5) is 25.0. The highest BCUT2D eigenvalue weighted by atomic mass is 35.5. The first-order valence-corrected chi connectivity index (χ1v) is 10.7. The average molecular weight is 479 g/mol. The van der Waals surface area contributed by atoms with Crippen molar-refractivity contribution in [2.45, 2.75) is 6.92 Å². The van der Waals surface area contributed by atoms with Crippen molar-refractivity contribution < 1.29 is 13.9 Å². The molecular weight excluding hydrogens is 460 g/mol. The van der Waals surface area contributed by atoms with E-state index in [-0.39, 0.29) is 5.11 Å². The van der Waals surface area contributed by atoms with Gasteiger partial charge in [0.1, 0.15) is 11.3 Å². The summed E-state index contributed by atoms with van der Waals surface area (Å²) in [6.07, 6.45) is 0. The third kappa shape index (κ3) is 4.89. The van der Waals surface area contributed by atoms with Crippen LogP contribution in [-0.2, 0) is 0 Å². The van der Waals surface area contributed by atoms with Gasteiger partial charge in [0, 0.05) is 22.7 Å². The predicted octanol–water partition coefficient (Wildman–Crippen LogP) is 5.56. The number of carbonyl (C=O) groups is 1. The fraction of sp³-hybridized carbons (Fsp3) is 0.0800. The van der Waals surface area contributed by atoms with Gasteiger partial charge in [-0.25, -0.2) is 4.79 Å². The molecule has 0 aliphatic heterocycles. The zero-order valence-electron chi connectivity index (χ0n) is 17.8. The zero-order chi connectivity index (χ0) is 23.5. The van der Waals surface area contributed by atoms with Crippen LogP contribution in [-0.4, -0.2) is 18.1 Å². The summed E-state index contributed by atoms with van der Waals surface area (Å²) >= 11 is 11.4. The Labute approximate surface area is 200 Å². The number of nitrogens with one attached hydrogen (secondary N) is 2. The minimum absolute atomic E-state index is 0.0941. The van der Waals surface area contributed by atoms with E-state index in [1.165, 1.54) is 7.11 Å². The standard InChI is InChI=1S/C25H19ClN2O4S/c1-14-7-9-18(20(26)11-14)23(29)28-25(33)27-16-8-10-17(22(13-16)31-2)19-12-15-5-3-4-6-21(15)32-24(19)30/h3-13H,1-2H3,(H2,27,28,29,33). The van der Waals surface area contributed by atoms with E-state index in [0.717, 1.165) is 10.9 Å². The number of aryl methyl sites for hydroxylation is 1. The lowest BCUT2D eigenvalue weighted by Gasteiger charge is -2.14. The third-order valence-corrected chi connectivity index (χ3v) is 5.50. The van der Waals surface area contributed by atoms with Gasteiger partial charge in [0.15, 0.2) is 5.11 Å². The van der Waals surface area contributed by atoms with Crippen LogP contribution in [0.25, 0.3) is 22.1 Å². The molecule has 1 heterocycles. The number of amides is 1. The van der Waals surface area contributed by atoms with Crippen LogP contribution in [0.1, 0.15) is 15.9 Å². The molecule has 0 atom stereocenters. The van der Waals surface area contributed by atoms with Gasteiger partial charge in [0.25, 0.3) is 5.91 Å². The van der Waals surface area contributed by atoms with Crippen molar-refractivity contribution in [3.05, 3.63) is 93.3 Å². The molecule has 0 aliphatic carbocycles. The van der Waals surface area contributed by atoms with E-state index < -0.39 is 11.5 Å². The molecule has 0 unspecified atom stereocenters. The predicted molar refractivity (Wildman–Crippen MR) is 134 cm³/mol. The average Bonchev–Trinajstić information content (AvgIpc) is 2.78. The molecule has 0 radical (unpaired) electrons. The van der Waals surface area contributed by atoms with E-state index in [1.54, 1.807) is 54.6 Å². The van der Waals surface area contributed by atoms with Gasteiger partial charge in [-0.1, -0.05) is 35.9 Å². The van der Waals surface area contributed by atoms with Gasteiger partial charge in [-0.05, 0) is 61.1 Å². The van der Waals surface area contributed by atoms with E-state index in [2.05, 4.69) is 10.6 Å². The zero-order valence-corrected chi connectivity index (χ0v) is 19.3. The van der Waals surface area contributed by atoms with Crippen molar-refractivity contribution in [2.24, 2.45) is 0 Å². The smallest absolute Gasteiger partial charge is 0.344 e. The highest BCUT2D eigenvalue weighted by molar-refractivity contribution is 7.80. The number of rotatable bonds is 4. The monoisotopic (exact) mass is 478 g/mol. The number of halogens is 1. The highest BCUT2D eigenvalue weighted by Gasteiger charge is 2.15. The Kier molecular flexibility index (Phi) is 6.44. The van der Waals surface area contributed by atoms with Crippen LogP contribution >= 0.6 is 23.8 Å². The molecule has 0 saturated heterocycles. The van der Waals surface area contributed by atoms with Crippen LogP contribution in [0.2, 0.25) is 5.02 Å². The maximum Gasteiger partial charge on any atom is 0.344 e. The summed E-state index contributed by atoms with van der Waals surface area (Å²) < 4.78 is 10.9. The molecule has 1 aromatic heterocycles. The van der Waals surface area contributed by atoms with E-state index in [9.17, 15) is 9.59 Å². The van der Waals surface area contributed by atoms with Crippen LogP contribution in [0, 0.1) is 6.92 Å². The van der Waals surface area contributed by atoms with Gasteiger partial charge in [0.2, 0.25) is 0 Å². The van der Waals surface area contributed by atoms with Crippen molar-refractivity contribution >= 4 is 51.5 Å². The quantitative estimate of drug-likeness (QED) is 0.295. The number of hydrogen-bond donors (Lipinski definition) is 2. The number of fused-ring (bicyclic) bond motifs is 1. The fourth-order valence-corrected chi connectivity index (χ4v) is 3.91. The minimum Gasteiger partial charge on any atom is -0.496 e. The largest absolute Gasteiger partial charge is 0.496 e. The highest BCUT2D eigenvalue weighted by Crippen LogP contribution is 2.32. The summed E-state index contributed by atoms with van der Waals surface area (Å²) in [6.45, 7) is 1.89. The van der Waals surface area contributed by atoms with Gasteiger partial charge >= 0.3 is 5.63 Å². The molecule has 33 heavy (non-hydrogen) atoms. The molecule has 8 heteroatoms. The first kappa shape index (κ1) is 22.5. The molecule has 0 saturated carbocycles. The molecule has 4 rings (SSSR count). The number of anilines is 1. The second-order valence-electron chi connectivity index (χ2n) is 7.29. The molecule has 1 amide bonds. The number of para-hydroxylation sites is 1. The third-order valence-electron chi connectivity index (χ3n) is 4.99. The summed E-state index contributed by atoms with van der Waals surface area (Å²) in [6, 6.07) is 19.3. The van der Waals surface area contributed by atoms with E-state index in [1.807, 2.05) is 19.1 Å². The van der Waals surface area contributed by atoms with Gasteiger partial charge in [0.05, 0.1) is 23.3 Å². The lowest BCUT2D eigenvalue weighted by atomic mass is 10.0. The maximum absolute atomic E-state index is 12.6. The van der Waals surface area contributed by atoms with Crippen LogP contribution in [0.4, 0.5) is 5.69 Å². The lowest BCUT2D eigenvalue weighted by Crippen LogP contribution is -2.34. The molecule has 0 fully saturated rings. The number of methoxy groups -OCH3 is 1. The minimum atomic E-state index is -0.467. The van der Waals surface area contributed by atoms with Crippen molar-refractivity contribution in [2.75, 3.05) is 12.4 Å². The molecule has 166 valence electrons. The van der Waals surface area contributed by atoms with Gasteiger partial charge in [-0.3, -0.25) is 10.1 Å². The number of thiocarbonyl (C=S) groups is 1. The molecule has 3 aromatic carbocycles.